The van der Waals surface area contributed by atoms with Crippen molar-refractivity contribution >= 4 is 21.6 Å². The van der Waals surface area contributed by atoms with Crippen LogP contribution in [0.5, 0.6) is 0 Å². The molecule has 0 spiro atoms. The number of carbonyl (C=O) groups is 1. The van der Waals surface area contributed by atoms with E-state index in [4.69, 9.17) is 0 Å². The molecule has 0 aromatic heterocycles. The monoisotopic (exact) mass is 441 g/mol. The molecule has 1 aliphatic heterocycles. The van der Waals surface area contributed by atoms with Crippen molar-refractivity contribution in [2.24, 2.45) is 0 Å². The minimum Gasteiger partial charge on any atom is -0.325 e. The number of piperazine rings is 1. The summed E-state index contributed by atoms with van der Waals surface area (Å²) < 4.78 is 65.3. The first-order chi connectivity index (χ1) is 14.1. The molecule has 6 nitrogen and oxygen atoms in total. The summed E-state index contributed by atoms with van der Waals surface area (Å²) in [5.41, 5.74) is 0.748. The van der Waals surface area contributed by atoms with Crippen molar-refractivity contribution in [3.63, 3.8) is 0 Å². The first-order valence-electron chi connectivity index (χ1n) is 9.32. The van der Waals surface area contributed by atoms with Crippen LogP contribution in [0.25, 0.3) is 0 Å². The molecule has 162 valence electrons. The van der Waals surface area contributed by atoms with Crippen LogP contribution in [0, 0.1) is 6.92 Å². The summed E-state index contributed by atoms with van der Waals surface area (Å²) in [6.07, 6.45) is -4.62. The second-order valence-corrected chi connectivity index (χ2v) is 9.06. The average Bonchev–Trinajstić information content (AvgIpc) is 2.69. The minimum absolute atomic E-state index is 0.0936. The van der Waals surface area contributed by atoms with E-state index >= 15 is 0 Å². The van der Waals surface area contributed by atoms with E-state index in [0.29, 0.717) is 24.8 Å². The number of anilines is 1. The fraction of sp³-hybridized carbons (Fsp3) is 0.350. The van der Waals surface area contributed by atoms with Gasteiger partial charge in [-0.1, -0.05) is 23.8 Å². The van der Waals surface area contributed by atoms with Gasteiger partial charge >= 0.3 is 6.18 Å². The van der Waals surface area contributed by atoms with Gasteiger partial charge in [0.15, 0.2) is 0 Å². The molecule has 0 bridgehead atoms. The van der Waals surface area contributed by atoms with Crippen molar-refractivity contribution in [1.82, 2.24) is 9.21 Å². The number of amides is 1. The lowest BCUT2D eigenvalue weighted by Gasteiger charge is -2.33. The Kier molecular flexibility index (Phi) is 6.49. The fourth-order valence-corrected chi connectivity index (χ4v) is 4.62. The Bertz CT molecular complexity index is 1000. The van der Waals surface area contributed by atoms with Crippen molar-refractivity contribution in [2.45, 2.75) is 18.0 Å². The highest BCUT2D eigenvalue weighted by molar-refractivity contribution is 7.89. The van der Waals surface area contributed by atoms with E-state index in [0.717, 1.165) is 28.1 Å². The number of benzene rings is 2. The first kappa shape index (κ1) is 22.3. The Hall–Kier alpha value is -2.43. The Morgan fingerprint density at radius 1 is 1.03 bits per heavy atom. The number of hydrogen-bond acceptors (Lipinski definition) is 4. The molecule has 10 heteroatoms. The van der Waals surface area contributed by atoms with Gasteiger partial charge in [0.1, 0.15) is 0 Å². The van der Waals surface area contributed by atoms with Crippen LogP contribution in [0.15, 0.2) is 53.4 Å². The molecular weight excluding hydrogens is 419 g/mol. The topological polar surface area (TPSA) is 69.7 Å². The van der Waals surface area contributed by atoms with Gasteiger partial charge in [-0.25, -0.2) is 8.42 Å². The van der Waals surface area contributed by atoms with E-state index in [9.17, 15) is 26.4 Å². The molecule has 1 N–H and O–H groups in total. The van der Waals surface area contributed by atoms with Crippen LogP contribution < -0.4 is 5.32 Å². The number of aryl methyl sites for hydroxylation is 1. The SMILES string of the molecule is Cc1ccc(NC(=O)CN2CCN(S(=O)(=O)c3cccc(C(F)(F)F)c3)CC2)cc1. The van der Waals surface area contributed by atoms with E-state index in [2.05, 4.69) is 5.32 Å². The van der Waals surface area contributed by atoms with Gasteiger partial charge in [0.05, 0.1) is 17.0 Å². The molecule has 1 fully saturated rings. The summed E-state index contributed by atoms with van der Waals surface area (Å²) in [6.45, 7) is 2.84. The lowest BCUT2D eigenvalue weighted by Crippen LogP contribution is -2.50. The molecule has 1 amide bonds. The molecule has 1 saturated heterocycles. The van der Waals surface area contributed by atoms with Crippen molar-refractivity contribution in [1.29, 1.82) is 0 Å². The van der Waals surface area contributed by atoms with Gasteiger partial charge in [0, 0.05) is 31.9 Å². The molecule has 1 aliphatic rings. The van der Waals surface area contributed by atoms with Gasteiger partial charge in [-0.15, -0.1) is 0 Å². The van der Waals surface area contributed by atoms with E-state index < -0.39 is 21.8 Å². The number of carbonyl (C=O) groups excluding carboxylic acids is 1. The van der Waals surface area contributed by atoms with Gasteiger partial charge in [0.2, 0.25) is 15.9 Å². The smallest absolute Gasteiger partial charge is 0.325 e. The van der Waals surface area contributed by atoms with Crippen LogP contribution in [-0.2, 0) is 21.0 Å². The minimum atomic E-state index is -4.62. The number of alkyl halides is 3. The van der Waals surface area contributed by atoms with Crippen LogP contribution in [-0.4, -0.2) is 56.3 Å². The molecule has 0 saturated carbocycles. The van der Waals surface area contributed by atoms with Gasteiger partial charge in [-0.2, -0.15) is 17.5 Å². The van der Waals surface area contributed by atoms with E-state index in [1.165, 1.54) is 0 Å². The zero-order chi connectivity index (χ0) is 21.9. The zero-order valence-electron chi connectivity index (χ0n) is 16.3. The molecule has 2 aromatic carbocycles. The predicted molar refractivity (Wildman–Crippen MR) is 106 cm³/mol. The van der Waals surface area contributed by atoms with Crippen LogP contribution in [0.2, 0.25) is 0 Å². The van der Waals surface area contributed by atoms with Gasteiger partial charge in [-0.05, 0) is 37.3 Å². The average molecular weight is 441 g/mol. The van der Waals surface area contributed by atoms with Crippen molar-refractivity contribution in [3.05, 3.63) is 59.7 Å². The summed E-state index contributed by atoms with van der Waals surface area (Å²) in [4.78, 5) is 13.6. The van der Waals surface area contributed by atoms with Crippen LogP contribution in [0.4, 0.5) is 18.9 Å². The third kappa shape index (κ3) is 5.38. The summed E-state index contributed by atoms with van der Waals surface area (Å²) in [5.74, 6) is -0.215. The van der Waals surface area contributed by atoms with Crippen molar-refractivity contribution in [2.75, 3.05) is 38.0 Å². The quantitative estimate of drug-likeness (QED) is 0.775. The standard InChI is InChI=1S/C20H22F3N3O3S/c1-15-5-7-17(8-6-15)24-19(27)14-25-9-11-26(12-10-25)30(28,29)18-4-2-3-16(13-18)20(21,22)23/h2-8,13H,9-12,14H2,1H3,(H,24,27). The summed E-state index contributed by atoms with van der Waals surface area (Å²) in [7, 11) is -4.04. The summed E-state index contributed by atoms with van der Waals surface area (Å²) in [6, 6.07) is 11.1. The van der Waals surface area contributed by atoms with Gasteiger partial charge in [-0.3, -0.25) is 9.69 Å². The van der Waals surface area contributed by atoms with Crippen LogP contribution in [0.1, 0.15) is 11.1 Å². The molecule has 3 rings (SSSR count). The summed E-state index contributed by atoms with van der Waals surface area (Å²) in [5, 5.41) is 2.79. The second-order valence-electron chi connectivity index (χ2n) is 7.12. The number of rotatable bonds is 5. The van der Waals surface area contributed by atoms with Gasteiger partial charge in [0.25, 0.3) is 0 Å². The number of nitrogens with one attached hydrogen (secondary N) is 1. The molecule has 0 radical (unpaired) electrons. The third-order valence-corrected chi connectivity index (χ3v) is 6.73. The van der Waals surface area contributed by atoms with Crippen LogP contribution in [0.3, 0.4) is 0 Å². The molecule has 1 heterocycles. The molecule has 30 heavy (non-hydrogen) atoms. The Morgan fingerprint density at radius 3 is 2.27 bits per heavy atom. The maximum Gasteiger partial charge on any atom is 0.416 e. The highest BCUT2D eigenvalue weighted by Gasteiger charge is 2.34. The highest BCUT2D eigenvalue weighted by atomic mass is 32.2. The van der Waals surface area contributed by atoms with E-state index in [1.54, 1.807) is 12.1 Å². The molecular formula is C20H22F3N3O3S. The molecule has 0 atom stereocenters. The maximum atomic E-state index is 12.9. The van der Waals surface area contributed by atoms with Crippen molar-refractivity contribution in [3.8, 4) is 0 Å². The maximum absolute atomic E-state index is 12.9. The molecule has 2 aromatic rings. The normalized spacial score (nSPS) is 16.4. The third-order valence-electron chi connectivity index (χ3n) is 4.83. The number of nitrogens with zero attached hydrogens (tertiary/aromatic N) is 2. The number of hydrogen-bond donors (Lipinski definition) is 1. The lowest BCUT2D eigenvalue weighted by atomic mass is 10.2. The predicted octanol–water partition coefficient (Wildman–Crippen LogP) is 2.96. The summed E-state index contributed by atoms with van der Waals surface area (Å²) >= 11 is 0. The van der Waals surface area contributed by atoms with Crippen LogP contribution >= 0.6 is 0 Å². The first-order valence-corrected chi connectivity index (χ1v) is 10.8. The Morgan fingerprint density at radius 2 is 1.67 bits per heavy atom. The van der Waals surface area contributed by atoms with Crippen molar-refractivity contribution < 1.29 is 26.4 Å². The number of halogens is 3. The highest BCUT2D eigenvalue weighted by Crippen LogP contribution is 2.31. The number of sulfonamides is 1. The second kappa shape index (κ2) is 8.75. The molecule has 0 unspecified atom stereocenters. The lowest BCUT2D eigenvalue weighted by molar-refractivity contribution is -0.137. The van der Waals surface area contributed by atoms with E-state index in [-0.39, 0.29) is 30.4 Å². The molecule has 0 aliphatic carbocycles. The fourth-order valence-electron chi connectivity index (χ4n) is 3.15. The Labute approximate surface area is 173 Å². The van der Waals surface area contributed by atoms with Gasteiger partial charge < -0.3 is 5.32 Å². The Balaban J connectivity index is 1.58. The van der Waals surface area contributed by atoms with E-state index in [1.807, 2.05) is 24.0 Å². The zero-order valence-corrected chi connectivity index (χ0v) is 17.1. The largest absolute Gasteiger partial charge is 0.416 e.